The van der Waals surface area contributed by atoms with Crippen LogP contribution in [0.4, 0.5) is 13.2 Å². The highest BCUT2D eigenvalue weighted by Gasteiger charge is 2.31. The summed E-state index contributed by atoms with van der Waals surface area (Å²) in [5.41, 5.74) is 12.5. The lowest BCUT2D eigenvalue weighted by Gasteiger charge is -2.19. The van der Waals surface area contributed by atoms with Gasteiger partial charge in [0.25, 0.3) is 0 Å². The second-order valence-electron chi connectivity index (χ2n) is 15.6. The van der Waals surface area contributed by atoms with Crippen molar-refractivity contribution in [1.82, 2.24) is 9.13 Å². The first-order valence-electron chi connectivity index (χ1n) is 20.0. The van der Waals surface area contributed by atoms with E-state index in [-0.39, 0.29) is 0 Å². The number of rotatable bonds is 5. The summed E-state index contributed by atoms with van der Waals surface area (Å²) in [6.45, 7) is 4.31. The second-order valence-corrected chi connectivity index (χ2v) is 15.6. The van der Waals surface area contributed by atoms with Crippen molar-refractivity contribution in [2.75, 3.05) is 0 Å². The van der Waals surface area contributed by atoms with Crippen LogP contribution in [0.25, 0.3) is 82.8 Å². The van der Waals surface area contributed by atoms with E-state index in [2.05, 4.69) is 108 Å². The molecule has 0 saturated carbocycles. The lowest BCUT2D eigenvalue weighted by Crippen LogP contribution is -2.06. The average Bonchev–Trinajstić information content (AvgIpc) is 3.66. The Bertz CT molecular complexity index is 3270. The van der Waals surface area contributed by atoms with E-state index in [4.69, 9.17) is 0 Å². The third-order valence-corrected chi connectivity index (χ3v) is 12.0. The lowest BCUT2D eigenvalue weighted by atomic mass is 9.97. The van der Waals surface area contributed by atoms with E-state index in [1.54, 1.807) is 6.07 Å². The number of para-hydroxylation sites is 2. The number of nitriles is 1. The molecular weight excluding hydrogens is 736 g/mol. The monoisotopic (exact) mass is 773 g/mol. The second kappa shape index (κ2) is 14.1. The van der Waals surface area contributed by atoms with Crippen molar-refractivity contribution in [3.8, 4) is 39.7 Å². The first-order valence-corrected chi connectivity index (χ1v) is 20.0. The molecule has 0 N–H and O–H groups in total. The van der Waals surface area contributed by atoms with Crippen LogP contribution in [-0.2, 0) is 6.18 Å². The first kappa shape index (κ1) is 36.3. The zero-order chi connectivity index (χ0) is 40.4. The molecule has 9 aromatic rings. The smallest absolute Gasteiger partial charge is 0.308 e. The number of alkyl halides is 3. The number of aromatic nitrogens is 2. The van der Waals surface area contributed by atoms with E-state index in [1.165, 1.54) is 23.3 Å². The molecule has 3 nitrogen and oxygen atoms in total. The van der Waals surface area contributed by atoms with Gasteiger partial charge in [-0.15, -0.1) is 0 Å². The highest BCUT2D eigenvalue weighted by molar-refractivity contribution is 6.12. The topological polar surface area (TPSA) is 33.6 Å². The largest absolute Gasteiger partial charge is 0.416 e. The number of aryl methyl sites for hydroxylation is 1. The van der Waals surface area contributed by atoms with Crippen LogP contribution >= 0.6 is 0 Å². The Morgan fingerprint density at radius 2 is 1.15 bits per heavy atom. The van der Waals surface area contributed by atoms with Gasteiger partial charge in [0.2, 0.25) is 0 Å². The molecule has 0 atom stereocenters. The quantitative estimate of drug-likeness (QED) is 0.171. The summed E-state index contributed by atoms with van der Waals surface area (Å²) in [6.07, 6.45) is 3.16. The van der Waals surface area contributed by atoms with Gasteiger partial charge in [-0.05, 0) is 133 Å². The van der Waals surface area contributed by atoms with Crippen molar-refractivity contribution in [3.63, 3.8) is 0 Å². The molecule has 0 aliphatic heterocycles. The van der Waals surface area contributed by atoms with Crippen molar-refractivity contribution < 1.29 is 13.2 Å². The maximum atomic E-state index is 14.2. The molecule has 0 saturated heterocycles. The summed E-state index contributed by atoms with van der Waals surface area (Å²) < 4.78 is 46.9. The Morgan fingerprint density at radius 3 is 1.80 bits per heavy atom. The Kier molecular flexibility index (Phi) is 8.65. The summed E-state index contributed by atoms with van der Waals surface area (Å²) in [5, 5.41) is 15.4. The molecule has 0 amide bonds. The number of halogens is 3. The van der Waals surface area contributed by atoms with Crippen molar-refractivity contribution in [2.45, 2.75) is 39.3 Å². The van der Waals surface area contributed by atoms with Crippen molar-refractivity contribution in [1.29, 1.82) is 5.26 Å². The predicted molar refractivity (Wildman–Crippen MR) is 236 cm³/mol. The molecule has 1 aliphatic rings. The van der Waals surface area contributed by atoms with Gasteiger partial charge in [0.1, 0.15) is 11.6 Å². The Labute approximate surface area is 340 Å². The van der Waals surface area contributed by atoms with Gasteiger partial charge < -0.3 is 9.13 Å². The fraction of sp³-hybridized carbons (Fsp3) is 0.113. The van der Waals surface area contributed by atoms with Gasteiger partial charge >= 0.3 is 6.18 Å². The Morgan fingerprint density at radius 1 is 0.559 bits per heavy atom. The number of hydrogen-bond acceptors (Lipinski definition) is 1. The summed E-state index contributed by atoms with van der Waals surface area (Å²) in [4.78, 5) is 0. The lowest BCUT2D eigenvalue weighted by molar-refractivity contribution is -0.137. The van der Waals surface area contributed by atoms with E-state index in [0.29, 0.717) is 28.1 Å². The summed E-state index contributed by atoms with van der Waals surface area (Å²) in [6, 6.07) is 49.3. The minimum absolute atomic E-state index is 0.403. The minimum atomic E-state index is -4.53. The normalized spacial score (nSPS) is 13.5. The summed E-state index contributed by atoms with van der Waals surface area (Å²) in [7, 11) is 0. The zero-order valence-electron chi connectivity index (χ0n) is 32.6. The zero-order valence-corrected chi connectivity index (χ0v) is 32.6. The van der Waals surface area contributed by atoms with Crippen molar-refractivity contribution in [3.05, 3.63) is 186 Å². The van der Waals surface area contributed by atoms with Crippen LogP contribution < -0.4 is 0 Å². The molecule has 286 valence electrons. The molecule has 0 bridgehead atoms. The number of nitrogens with zero attached hydrogens (tertiary/aromatic N) is 3. The first-order chi connectivity index (χ1) is 28.7. The molecular formula is C53H38F3N3. The molecule has 59 heavy (non-hydrogen) atoms. The number of benzene rings is 7. The number of allylic oxidation sites excluding steroid dienone is 4. The van der Waals surface area contributed by atoms with Crippen LogP contribution in [0.15, 0.2) is 163 Å². The van der Waals surface area contributed by atoms with Crippen LogP contribution in [-0.4, -0.2) is 9.13 Å². The molecule has 1 aliphatic carbocycles. The van der Waals surface area contributed by atoms with Crippen LogP contribution in [0.2, 0.25) is 0 Å². The average molecular weight is 774 g/mol. The minimum Gasteiger partial charge on any atom is -0.308 e. The fourth-order valence-corrected chi connectivity index (χ4v) is 9.12. The standard InChI is InChI=1S/C53H38F3N3/c1-33-13-4-3-5-17-40(33)36-23-25-49-44(28-36)42-19-8-10-21-47(42)58(49)51-30-38(35-15-12-16-39(27-35)53(54,55)56)31-52(46(51)32-57)59-48-22-11-9-20-43(48)45-29-37(24-26-50(45)59)41-18-7-6-14-34(41)2/h5-12,14-31H,3-4,13H2,1-2H3. The van der Waals surface area contributed by atoms with Gasteiger partial charge in [-0.3, -0.25) is 0 Å². The molecule has 2 heterocycles. The third kappa shape index (κ3) is 6.04. The van der Waals surface area contributed by atoms with Gasteiger partial charge in [0.15, 0.2) is 0 Å². The highest BCUT2D eigenvalue weighted by Crippen LogP contribution is 2.43. The van der Waals surface area contributed by atoms with Crippen LogP contribution in [0.1, 0.15) is 48.4 Å². The van der Waals surface area contributed by atoms with Crippen molar-refractivity contribution in [2.24, 2.45) is 0 Å². The van der Waals surface area contributed by atoms with E-state index < -0.39 is 11.7 Å². The molecule has 7 aromatic carbocycles. The molecule has 10 rings (SSSR count). The summed E-state index contributed by atoms with van der Waals surface area (Å²) >= 11 is 0. The van der Waals surface area contributed by atoms with Gasteiger partial charge in [0, 0.05) is 21.5 Å². The molecule has 0 fully saturated rings. The Balaban J connectivity index is 1.30. The number of fused-ring (bicyclic) bond motifs is 6. The van der Waals surface area contributed by atoms with E-state index >= 15 is 0 Å². The number of hydrogen-bond donors (Lipinski definition) is 0. The van der Waals surface area contributed by atoms with Crippen molar-refractivity contribution >= 4 is 49.2 Å². The van der Waals surface area contributed by atoms with Gasteiger partial charge in [-0.25, -0.2) is 0 Å². The predicted octanol–water partition coefficient (Wildman–Crippen LogP) is 14.9. The Hall–Kier alpha value is -7.10. The van der Waals surface area contributed by atoms with Crippen LogP contribution in [0, 0.1) is 18.3 Å². The SMILES string of the molecule is CC1=C(c2ccc3c(c2)c2ccccc2n3-c2cc(-c3cccc(C(F)(F)F)c3)cc(-n3c4ccccc4c4cc(-c5ccccc5C)ccc43)c2C#N)C=CCCC1. The molecule has 0 radical (unpaired) electrons. The van der Waals surface area contributed by atoms with Gasteiger partial charge in [-0.1, -0.05) is 103 Å². The maximum Gasteiger partial charge on any atom is 0.416 e. The molecule has 0 unspecified atom stereocenters. The molecule has 2 aromatic heterocycles. The van der Waals surface area contributed by atoms with E-state index in [1.807, 2.05) is 54.6 Å². The fourth-order valence-electron chi connectivity index (χ4n) is 9.12. The van der Waals surface area contributed by atoms with E-state index in [0.717, 1.165) is 91.2 Å². The van der Waals surface area contributed by atoms with E-state index in [9.17, 15) is 18.4 Å². The molecule has 0 spiro atoms. The third-order valence-electron chi connectivity index (χ3n) is 12.0. The van der Waals surface area contributed by atoms with Crippen LogP contribution in [0.3, 0.4) is 0 Å². The molecule has 6 heteroatoms. The van der Waals surface area contributed by atoms with Gasteiger partial charge in [0.05, 0.1) is 39.0 Å². The highest BCUT2D eigenvalue weighted by atomic mass is 19.4. The van der Waals surface area contributed by atoms with Crippen LogP contribution in [0.5, 0.6) is 0 Å². The summed E-state index contributed by atoms with van der Waals surface area (Å²) in [5.74, 6) is 0. The van der Waals surface area contributed by atoms with Gasteiger partial charge in [-0.2, -0.15) is 18.4 Å². The maximum absolute atomic E-state index is 14.2.